The molecule has 0 radical (unpaired) electrons. The molecule has 0 aliphatic carbocycles. The largest absolute Gasteiger partial charge is 0.396 e. The number of sulfonamides is 1. The van der Waals surface area contributed by atoms with Gasteiger partial charge in [-0.25, -0.2) is 8.42 Å². The smallest absolute Gasteiger partial charge is 0.252 e. The molecule has 2 aliphatic rings. The normalized spacial score (nSPS) is 30.5. The van der Waals surface area contributed by atoms with Crippen LogP contribution in [0.1, 0.15) is 18.2 Å². The van der Waals surface area contributed by atoms with Crippen molar-refractivity contribution in [1.82, 2.24) is 4.31 Å². The summed E-state index contributed by atoms with van der Waals surface area (Å²) >= 11 is 1.34. The second-order valence-electron chi connectivity index (χ2n) is 5.93. The van der Waals surface area contributed by atoms with Crippen LogP contribution in [-0.2, 0) is 21.2 Å². The monoisotopic (exact) mass is 331 g/mol. The maximum atomic E-state index is 12.8. The van der Waals surface area contributed by atoms with Gasteiger partial charge in [-0.05, 0) is 30.9 Å². The molecule has 2 saturated heterocycles. The van der Waals surface area contributed by atoms with Gasteiger partial charge in [-0.3, -0.25) is 0 Å². The fraction of sp³-hybridized carbons (Fsp3) is 0.714. The van der Waals surface area contributed by atoms with Gasteiger partial charge in [0.05, 0.1) is 13.2 Å². The van der Waals surface area contributed by atoms with Crippen LogP contribution in [0.3, 0.4) is 0 Å². The van der Waals surface area contributed by atoms with Crippen molar-refractivity contribution in [1.29, 1.82) is 0 Å². The lowest BCUT2D eigenvalue weighted by atomic mass is 9.76. The van der Waals surface area contributed by atoms with Crippen LogP contribution in [0.15, 0.2) is 16.3 Å². The summed E-state index contributed by atoms with van der Waals surface area (Å²) in [5, 5.41) is 9.75. The van der Waals surface area contributed by atoms with Gasteiger partial charge in [0.1, 0.15) is 4.21 Å². The predicted octanol–water partition coefficient (Wildman–Crippen LogP) is 1.33. The number of rotatable bonds is 4. The Kier molecular flexibility index (Phi) is 4.13. The van der Waals surface area contributed by atoms with Gasteiger partial charge < -0.3 is 9.84 Å². The molecule has 5 nitrogen and oxygen atoms in total. The average Bonchev–Trinajstić information content (AvgIpc) is 3.12. The first kappa shape index (κ1) is 15.4. The van der Waals surface area contributed by atoms with Crippen molar-refractivity contribution in [2.75, 3.05) is 32.9 Å². The second-order valence-corrected chi connectivity index (χ2v) is 9.26. The van der Waals surface area contributed by atoms with Gasteiger partial charge >= 0.3 is 0 Å². The predicted molar refractivity (Wildman–Crippen MR) is 80.9 cm³/mol. The molecular formula is C14H21NO4S2. The van der Waals surface area contributed by atoms with Crippen LogP contribution >= 0.6 is 11.3 Å². The summed E-state index contributed by atoms with van der Waals surface area (Å²) in [4.78, 5) is 1.07. The van der Waals surface area contributed by atoms with Crippen LogP contribution in [0.4, 0.5) is 0 Å². The first-order valence-electron chi connectivity index (χ1n) is 7.29. The second kappa shape index (κ2) is 5.62. The highest BCUT2D eigenvalue weighted by Gasteiger charge is 2.51. The van der Waals surface area contributed by atoms with E-state index in [1.54, 1.807) is 6.07 Å². The molecule has 2 atom stereocenters. The van der Waals surface area contributed by atoms with Crippen molar-refractivity contribution in [3.05, 3.63) is 17.0 Å². The highest BCUT2D eigenvalue weighted by atomic mass is 32.2. The topological polar surface area (TPSA) is 66.8 Å². The van der Waals surface area contributed by atoms with E-state index in [0.29, 0.717) is 30.5 Å². The molecule has 0 bridgehead atoms. The third-order valence-electron chi connectivity index (χ3n) is 4.68. The van der Waals surface area contributed by atoms with E-state index in [2.05, 4.69) is 0 Å². The molecule has 0 aromatic carbocycles. The van der Waals surface area contributed by atoms with Crippen molar-refractivity contribution in [3.8, 4) is 0 Å². The number of ether oxygens (including phenoxy) is 1. The number of fused-ring (bicyclic) bond motifs is 1. The van der Waals surface area contributed by atoms with Crippen molar-refractivity contribution >= 4 is 21.4 Å². The molecule has 0 unspecified atom stereocenters. The zero-order valence-corrected chi connectivity index (χ0v) is 13.8. The van der Waals surface area contributed by atoms with Crippen LogP contribution in [0.2, 0.25) is 0 Å². The van der Waals surface area contributed by atoms with E-state index >= 15 is 0 Å². The molecule has 118 valence electrons. The molecule has 7 heteroatoms. The van der Waals surface area contributed by atoms with E-state index < -0.39 is 15.4 Å². The van der Waals surface area contributed by atoms with Crippen LogP contribution in [-0.4, -0.2) is 50.7 Å². The molecule has 2 aliphatic heterocycles. The number of aliphatic hydroxyl groups is 1. The van der Waals surface area contributed by atoms with E-state index in [0.717, 1.165) is 17.7 Å². The Morgan fingerprint density at radius 2 is 2.33 bits per heavy atom. The Morgan fingerprint density at radius 3 is 2.95 bits per heavy atom. The summed E-state index contributed by atoms with van der Waals surface area (Å²) < 4.78 is 33.0. The van der Waals surface area contributed by atoms with Gasteiger partial charge in [0.15, 0.2) is 0 Å². The molecule has 3 rings (SSSR count). The van der Waals surface area contributed by atoms with E-state index in [1.807, 2.05) is 13.0 Å². The van der Waals surface area contributed by atoms with Gasteiger partial charge in [-0.15, -0.1) is 11.3 Å². The first-order valence-corrected chi connectivity index (χ1v) is 9.55. The minimum Gasteiger partial charge on any atom is -0.396 e. The van der Waals surface area contributed by atoms with Crippen LogP contribution in [0.25, 0.3) is 0 Å². The van der Waals surface area contributed by atoms with Gasteiger partial charge in [-0.1, -0.05) is 6.92 Å². The van der Waals surface area contributed by atoms with Gasteiger partial charge in [0.2, 0.25) is 0 Å². The lowest BCUT2D eigenvalue weighted by Crippen LogP contribution is -2.43. The lowest BCUT2D eigenvalue weighted by Gasteiger charge is -2.36. The minimum atomic E-state index is -3.45. The van der Waals surface area contributed by atoms with Gasteiger partial charge in [-0.2, -0.15) is 4.31 Å². The number of hydrogen-bond donors (Lipinski definition) is 1. The maximum absolute atomic E-state index is 12.8. The molecule has 1 N–H and O–H groups in total. The van der Waals surface area contributed by atoms with Crippen LogP contribution < -0.4 is 0 Å². The highest BCUT2D eigenvalue weighted by Crippen LogP contribution is 2.43. The fourth-order valence-electron chi connectivity index (χ4n) is 3.27. The van der Waals surface area contributed by atoms with Crippen LogP contribution in [0.5, 0.6) is 0 Å². The molecule has 0 amide bonds. The summed E-state index contributed by atoms with van der Waals surface area (Å²) in [6.45, 7) is 3.95. The molecule has 21 heavy (non-hydrogen) atoms. The van der Waals surface area contributed by atoms with Crippen molar-refractivity contribution in [3.63, 3.8) is 0 Å². The number of aliphatic hydroxyl groups excluding tert-OH is 1. The summed E-state index contributed by atoms with van der Waals surface area (Å²) in [5.74, 6) is 0.191. The summed E-state index contributed by atoms with van der Waals surface area (Å²) in [5.41, 5.74) is -0.420. The highest BCUT2D eigenvalue weighted by molar-refractivity contribution is 7.91. The Bertz CT molecular complexity index is 612. The first-order chi connectivity index (χ1) is 10.0. The minimum absolute atomic E-state index is 0.0195. The summed E-state index contributed by atoms with van der Waals surface area (Å²) in [6, 6.07) is 3.58. The molecular weight excluding hydrogens is 310 g/mol. The maximum Gasteiger partial charge on any atom is 0.252 e. The molecule has 1 aromatic heterocycles. The van der Waals surface area contributed by atoms with Crippen LogP contribution in [0, 0.1) is 11.3 Å². The number of aryl methyl sites for hydroxylation is 1. The van der Waals surface area contributed by atoms with Crippen molar-refractivity contribution < 1.29 is 18.3 Å². The number of nitrogens with zero attached hydrogens (tertiary/aromatic N) is 1. The zero-order valence-electron chi connectivity index (χ0n) is 12.1. The standard InChI is InChI=1S/C14H21NO4S2/c1-2-12-3-4-13(20-12)21(17,18)15-7-11-5-6-19-10-14(11,8-15)9-16/h3-4,11,16H,2,5-10H2,1H3/t11-,14+/m0/s1. The van der Waals surface area contributed by atoms with E-state index in [9.17, 15) is 13.5 Å². The zero-order chi connectivity index (χ0) is 15.1. The molecule has 3 heterocycles. The fourth-order valence-corrected chi connectivity index (χ4v) is 6.30. The Hall–Kier alpha value is -0.470. The molecule has 0 saturated carbocycles. The van der Waals surface area contributed by atoms with Gasteiger partial charge in [0, 0.05) is 30.0 Å². The Morgan fingerprint density at radius 1 is 1.52 bits per heavy atom. The SMILES string of the molecule is CCc1ccc(S(=O)(=O)N2C[C@@H]3CCOC[C@]3(CO)C2)s1. The van der Waals surface area contributed by atoms with Crippen molar-refractivity contribution in [2.24, 2.45) is 11.3 Å². The van der Waals surface area contributed by atoms with E-state index in [1.165, 1.54) is 15.6 Å². The molecule has 1 aromatic rings. The Balaban J connectivity index is 1.87. The molecule has 0 spiro atoms. The third kappa shape index (κ3) is 2.55. The molecule has 2 fully saturated rings. The van der Waals surface area contributed by atoms with Gasteiger partial charge in [0.25, 0.3) is 10.0 Å². The quantitative estimate of drug-likeness (QED) is 0.904. The number of hydrogen-bond acceptors (Lipinski definition) is 5. The average molecular weight is 331 g/mol. The summed E-state index contributed by atoms with van der Waals surface area (Å²) in [6.07, 6.45) is 1.66. The third-order valence-corrected chi connectivity index (χ3v) is 8.18. The lowest BCUT2D eigenvalue weighted by molar-refractivity contribution is -0.0552. The Labute approximate surface area is 129 Å². The van der Waals surface area contributed by atoms with E-state index in [4.69, 9.17) is 4.74 Å². The summed E-state index contributed by atoms with van der Waals surface area (Å²) in [7, 11) is -3.45. The van der Waals surface area contributed by atoms with E-state index in [-0.39, 0.29) is 12.5 Å². The van der Waals surface area contributed by atoms with Crippen molar-refractivity contribution in [2.45, 2.75) is 24.0 Å². The number of thiophene rings is 1.